The van der Waals surface area contributed by atoms with Gasteiger partial charge in [-0.1, -0.05) is 13.0 Å². The van der Waals surface area contributed by atoms with Gasteiger partial charge < -0.3 is 30.1 Å². The Labute approximate surface area is 190 Å². The molecule has 1 saturated heterocycles. The lowest BCUT2D eigenvalue weighted by Gasteiger charge is -2.36. The molecule has 0 bridgehead atoms. The molecule has 0 spiro atoms. The van der Waals surface area contributed by atoms with Gasteiger partial charge in [0.15, 0.2) is 0 Å². The van der Waals surface area contributed by atoms with Crippen LogP contribution >= 0.6 is 0 Å². The summed E-state index contributed by atoms with van der Waals surface area (Å²) in [6.45, 7) is 6.98. The van der Waals surface area contributed by atoms with Crippen LogP contribution < -0.4 is 25.0 Å². The minimum absolute atomic E-state index is 0.199. The van der Waals surface area contributed by atoms with Gasteiger partial charge in [-0.3, -0.25) is 4.90 Å². The summed E-state index contributed by atoms with van der Waals surface area (Å²) in [7, 11) is 1.67. The van der Waals surface area contributed by atoms with E-state index in [1.165, 1.54) is 5.69 Å². The quantitative estimate of drug-likeness (QED) is 0.525. The summed E-state index contributed by atoms with van der Waals surface area (Å²) in [6.07, 6.45) is 0.289. The molecule has 2 aromatic carbocycles. The van der Waals surface area contributed by atoms with Crippen molar-refractivity contribution in [3.63, 3.8) is 0 Å². The van der Waals surface area contributed by atoms with Crippen LogP contribution in [0.5, 0.6) is 11.5 Å². The maximum Gasteiger partial charge on any atom is 0.319 e. The monoisotopic (exact) mass is 442 g/mol. The Balaban J connectivity index is 1.39. The van der Waals surface area contributed by atoms with Crippen molar-refractivity contribution < 1.29 is 19.4 Å². The number of rotatable bonds is 10. The number of ether oxygens (including phenoxy) is 2. The van der Waals surface area contributed by atoms with Gasteiger partial charge in [-0.25, -0.2) is 4.79 Å². The number of nitrogens with zero attached hydrogens (tertiary/aromatic N) is 2. The third kappa shape index (κ3) is 7.32. The highest BCUT2D eigenvalue weighted by Crippen LogP contribution is 2.21. The molecule has 1 unspecified atom stereocenters. The van der Waals surface area contributed by atoms with E-state index in [1.807, 2.05) is 31.2 Å². The largest absolute Gasteiger partial charge is 0.497 e. The molecule has 174 valence electrons. The van der Waals surface area contributed by atoms with Crippen molar-refractivity contribution in [3.8, 4) is 11.5 Å². The second-order valence-corrected chi connectivity index (χ2v) is 7.86. The highest BCUT2D eigenvalue weighted by atomic mass is 16.5. The summed E-state index contributed by atoms with van der Waals surface area (Å²) in [5.41, 5.74) is 1.84. The molecule has 2 amide bonds. The highest BCUT2D eigenvalue weighted by molar-refractivity contribution is 5.89. The normalized spacial score (nSPS) is 15.2. The summed E-state index contributed by atoms with van der Waals surface area (Å²) in [6, 6.07) is 15.1. The zero-order valence-electron chi connectivity index (χ0n) is 18.9. The molecule has 3 rings (SSSR count). The minimum atomic E-state index is -0.591. The summed E-state index contributed by atoms with van der Waals surface area (Å²) in [4.78, 5) is 16.4. The topological polar surface area (TPSA) is 86.3 Å². The number of anilines is 2. The fourth-order valence-corrected chi connectivity index (χ4v) is 3.60. The van der Waals surface area contributed by atoms with E-state index in [-0.39, 0.29) is 12.6 Å². The van der Waals surface area contributed by atoms with Crippen LogP contribution in [0.1, 0.15) is 13.3 Å². The van der Waals surface area contributed by atoms with E-state index in [1.54, 1.807) is 19.2 Å². The SMILES string of the molecule is CCCNC(=O)Nc1cccc(OCC(O)CN2CCN(c3ccc(OC)cc3)CC2)c1. The third-order valence-corrected chi connectivity index (χ3v) is 5.35. The van der Waals surface area contributed by atoms with Gasteiger partial charge in [0.25, 0.3) is 0 Å². The number of benzene rings is 2. The van der Waals surface area contributed by atoms with Crippen LogP contribution in [0, 0.1) is 0 Å². The molecule has 0 radical (unpaired) electrons. The summed E-state index contributed by atoms with van der Waals surface area (Å²) < 4.78 is 11.0. The predicted molar refractivity (Wildman–Crippen MR) is 127 cm³/mol. The van der Waals surface area contributed by atoms with Crippen molar-refractivity contribution in [1.29, 1.82) is 0 Å². The van der Waals surface area contributed by atoms with Crippen molar-refractivity contribution >= 4 is 17.4 Å². The summed E-state index contributed by atoms with van der Waals surface area (Å²) >= 11 is 0. The van der Waals surface area contributed by atoms with Crippen molar-refractivity contribution in [1.82, 2.24) is 10.2 Å². The highest BCUT2D eigenvalue weighted by Gasteiger charge is 2.20. The van der Waals surface area contributed by atoms with Gasteiger partial charge in [0.1, 0.15) is 24.2 Å². The molecular formula is C24H34N4O4. The number of carbonyl (C=O) groups excluding carboxylic acids is 1. The molecule has 8 heteroatoms. The fraction of sp³-hybridized carbons (Fsp3) is 0.458. The van der Waals surface area contributed by atoms with Gasteiger partial charge in [-0.15, -0.1) is 0 Å². The number of piperazine rings is 1. The van der Waals surface area contributed by atoms with E-state index in [4.69, 9.17) is 9.47 Å². The first-order valence-corrected chi connectivity index (χ1v) is 11.1. The van der Waals surface area contributed by atoms with Crippen molar-refractivity contribution in [2.24, 2.45) is 0 Å². The van der Waals surface area contributed by atoms with Crippen LogP contribution in [0.15, 0.2) is 48.5 Å². The molecule has 0 saturated carbocycles. The number of hydrogen-bond donors (Lipinski definition) is 3. The van der Waals surface area contributed by atoms with Crippen molar-refractivity contribution in [3.05, 3.63) is 48.5 Å². The molecule has 1 atom stereocenters. The van der Waals surface area contributed by atoms with E-state index in [0.29, 0.717) is 24.5 Å². The summed E-state index contributed by atoms with van der Waals surface area (Å²) in [5.74, 6) is 1.47. The number of nitrogens with one attached hydrogen (secondary N) is 2. The molecule has 1 aliphatic rings. The minimum Gasteiger partial charge on any atom is -0.497 e. The Kier molecular flexibility index (Phi) is 9.01. The number of β-amino-alcohol motifs (C(OH)–C–C–N with tert-alkyl or cyclic N) is 1. The molecular weight excluding hydrogens is 408 g/mol. The molecule has 1 aliphatic heterocycles. The number of aliphatic hydroxyl groups is 1. The Hall–Kier alpha value is -2.97. The van der Waals surface area contributed by atoms with Crippen LogP contribution in [0.4, 0.5) is 16.2 Å². The van der Waals surface area contributed by atoms with E-state index in [0.717, 1.165) is 38.3 Å². The van der Waals surface area contributed by atoms with Crippen LogP contribution in [0.25, 0.3) is 0 Å². The van der Waals surface area contributed by atoms with Gasteiger partial charge in [0.05, 0.1) is 7.11 Å². The first-order chi connectivity index (χ1) is 15.6. The molecule has 0 aromatic heterocycles. The standard InChI is InChI=1S/C24H34N4O4/c1-3-11-25-24(30)26-19-5-4-6-23(16-19)32-18-21(29)17-27-12-14-28(15-13-27)20-7-9-22(31-2)10-8-20/h4-10,16,21,29H,3,11-15,17-18H2,1-2H3,(H2,25,26,30). The summed E-state index contributed by atoms with van der Waals surface area (Å²) in [5, 5.41) is 16.0. The molecule has 3 N–H and O–H groups in total. The number of aliphatic hydroxyl groups excluding tert-OH is 1. The molecule has 1 heterocycles. The third-order valence-electron chi connectivity index (χ3n) is 5.35. The molecule has 32 heavy (non-hydrogen) atoms. The smallest absolute Gasteiger partial charge is 0.319 e. The van der Waals surface area contributed by atoms with E-state index < -0.39 is 6.10 Å². The van der Waals surface area contributed by atoms with Gasteiger partial charge in [-0.05, 0) is 42.8 Å². The van der Waals surface area contributed by atoms with E-state index in [9.17, 15) is 9.90 Å². The van der Waals surface area contributed by atoms with Gasteiger partial charge in [0.2, 0.25) is 0 Å². The van der Waals surface area contributed by atoms with Crippen LogP contribution in [-0.2, 0) is 0 Å². The van der Waals surface area contributed by atoms with Gasteiger partial charge >= 0.3 is 6.03 Å². The Morgan fingerprint density at radius 2 is 1.84 bits per heavy atom. The second-order valence-electron chi connectivity index (χ2n) is 7.86. The van der Waals surface area contributed by atoms with Crippen LogP contribution in [0.3, 0.4) is 0 Å². The average Bonchev–Trinajstić information content (AvgIpc) is 2.82. The first kappa shape index (κ1) is 23.7. The Morgan fingerprint density at radius 3 is 2.53 bits per heavy atom. The van der Waals surface area contributed by atoms with Gasteiger partial charge in [-0.2, -0.15) is 0 Å². The molecule has 1 fully saturated rings. The molecule has 0 aliphatic carbocycles. The second kappa shape index (κ2) is 12.2. The molecule has 8 nitrogen and oxygen atoms in total. The zero-order valence-corrected chi connectivity index (χ0v) is 18.9. The van der Waals surface area contributed by atoms with Crippen molar-refractivity contribution in [2.45, 2.75) is 19.4 Å². The van der Waals surface area contributed by atoms with Crippen LogP contribution in [-0.4, -0.2) is 75.1 Å². The molecule has 2 aromatic rings. The van der Waals surface area contributed by atoms with E-state index >= 15 is 0 Å². The number of methoxy groups -OCH3 is 1. The number of amides is 2. The number of hydrogen-bond acceptors (Lipinski definition) is 6. The lowest BCUT2D eigenvalue weighted by Crippen LogP contribution is -2.49. The van der Waals surface area contributed by atoms with Crippen LogP contribution in [0.2, 0.25) is 0 Å². The first-order valence-electron chi connectivity index (χ1n) is 11.1. The fourth-order valence-electron chi connectivity index (χ4n) is 3.60. The number of carbonyl (C=O) groups is 1. The predicted octanol–water partition coefficient (Wildman–Crippen LogP) is 2.79. The Morgan fingerprint density at radius 1 is 1.09 bits per heavy atom. The zero-order chi connectivity index (χ0) is 22.8. The maximum absolute atomic E-state index is 11.8. The van der Waals surface area contributed by atoms with E-state index in [2.05, 4.69) is 32.6 Å². The number of urea groups is 1. The van der Waals surface area contributed by atoms with Gasteiger partial charge in [0, 0.05) is 56.7 Å². The average molecular weight is 443 g/mol. The Bertz CT molecular complexity index is 838. The lowest BCUT2D eigenvalue weighted by atomic mass is 10.2. The van der Waals surface area contributed by atoms with Crippen molar-refractivity contribution in [2.75, 3.05) is 63.2 Å². The lowest BCUT2D eigenvalue weighted by molar-refractivity contribution is 0.0663. The maximum atomic E-state index is 11.8.